The minimum Gasteiger partial charge on any atom is -0.310 e. The summed E-state index contributed by atoms with van der Waals surface area (Å²) in [7, 11) is 0. The minimum absolute atomic E-state index is 0.288. The van der Waals surface area contributed by atoms with Gasteiger partial charge < -0.3 is 5.32 Å². The molecular weight excluding hydrogens is 196 g/mol. The Morgan fingerprint density at radius 3 is 2.73 bits per heavy atom. The maximum atomic E-state index is 12.8. The van der Waals surface area contributed by atoms with Crippen LogP contribution in [0.25, 0.3) is 0 Å². The third-order valence-corrected chi connectivity index (χ3v) is 2.16. The summed E-state index contributed by atoms with van der Waals surface area (Å²) in [6.07, 6.45) is 2.67. The lowest BCUT2D eigenvalue weighted by molar-refractivity contribution is 0.503. The Bertz CT molecular complexity index is 336. The van der Waals surface area contributed by atoms with Gasteiger partial charge in [-0.05, 0) is 31.0 Å². The maximum absolute atomic E-state index is 12.8. The van der Waals surface area contributed by atoms with E-state index in [-0.39, 0.29) is 6.04 Å². The van der Waals surface area contributed by atoms with Crippen LogP contribution in [0.5, 0.6) is 0 Å². The first kappa shape index (κ1) is 11.9. The van der Waals surface area contributed by atoms with Crippen molar-refractivity contribution in [2.45, 2.75) is 25.9 Å². The second-order valence-electron chi connectivity index (χ2n) is 3.55. The third-order valence-electron chi connectivity index (χ3n) is 2.16. The van der Waals surface area contributed by atoms with Gasteiger partial charge in [-0.25, -0.2) is 8.78 Å². The summed E-state index contributed by atoms with van der Waals surface area (Å²) in [5, 5.41) is 3.19. The van der Waals surface area contributed by atoms with Crippen LogP contribution in [0.4, 0.5) is 8.78 Å². The smallest absolute Gasteiger partial charge is 0.159 e. The van der Waals surface area contributed by atoms with E-state index in [0.717, 1.165) is 18.1 Å². The van der Waals surface area contributed by atoms with Crippen LogP contribution in [-0.4, -0.2) is 6.04 Å². The molecule has 0 amide bonds. The van der Waals surface area contributed by atoms with Crippen molar-refractivity contribution in [2.24, 2.45) is 0 Å². The Labute approximate surface area is 88.8 Å². The zero-order valence-corrected chi connectivity index (χ0v) is 8.76. The summed E-state index contributed by atoms with van der Waals surface area (Å²) in [4.78, 5) is 0. The second-order valence-corrected chi connectivity index (χ2v) is 3.55. The topological polar surface area (TPSA) is 12.0 Å². The first-order valence-corrected chi connectivity index (χ1v) is 4.91. The van der Waals surface area contributed by atoms with Gasteiger partial charge in [-0.3, -0.25) is 0 Å². The van der Waals surface area contributed by atoms with Crippen LogP contribution < -0.4 is 5.32 Å². The summed E-state index contributed by atoms with van der Waals surface area (Å²) in [5.74, 6) is -1.61. The van der Waals surface area contributed by atoms with Crippen LogP contribution >= 0.6 is 0 Å². The average Bonchev–Trinajstić information content (AvgIpc) is 2.20. The van der Waals surface area contributed by atoms with Gasteiger partial charge in [0.05, 0.1) is 0 Å². The SMILES string of the molecule is C=CCC(C)NCc1ccc(F)c(F)c1. The molecule has 0 bridgehead atoms. The van der Waals surface area contributed by atoms with Gasteiger partial charge in [0.1, 0.15) is 0 Å². The van der Waals surface area contributed by atoms with Gasteiger partial charge >= 0.3 is 0 Å². The summed E-state index contributed by atoms with van der Waals surface area (Å²) >= 11 is 0. The monoisotopic (exact) mass is 211 g/mol. The van der Waals surface area contributed by atoms with E-state index in [0.29, 0.717) is 6.54 Å². The van der Waals surface area contributed by atoms with E-state index in [1.54, 1.807) is 6.07 Å². The Morgan fingerprint density at radius 1 is 1.40 bits per heavy atom. The molecule has 0 radical (unpaired) electrons. The lowest BCUT2D eigenvalue weighted by Crippen LogP contribution is -2.24. The van der Waals surface area contributed by atoms with E-state index in [1.807, 2.05) is 13.0 Å². The number of nitrogens with one attached hydrogen (secondary N) is 1. The first-order chi connectivity index (χ1) is 7.13. The van der Waals surface area contributed by atoms with Crippen LogP contribution in [0.2, 0.25) is 0 Å². The van der Waals surface area contributed by atoms with Gasteiger partial charge in [0.2, 0.25) is 0 Å². The highest BCUT2D eigenvalue weighted by Crippen LogP contribution is 2.08. The van der Waals surface area contributed by atoms with Crippen molar-refractivity contribution in [3.05, 3.63) is 48.1 Å². The summed E-state index contributed by atoms with van der Waals surface area (Å²) in [5.41, 5.74) is 0.741. The molecule has 1 aromatic carbocycles. The number of halogens is 2. The fourth-order valence-corrected chi connectivity index (χ4v) is 1.28. The van der Waals surface area contributed by atoms with E-state index < -0.39 is 11.6 Å². The standard InChI is InChI=1S/C12H15F2N/c1-3-4-9(2)15-8-10-5-6-11(13)12(14)7-10/h3,5-7,9,15H,1,4,8H2,2H3. The molecule has 0 fully saturated rings. The zero-order chi connectivity index (χ0) is 11.3. The molecular formula is C12H15F2N. The van der Waals surface area contributed by atoms with Gasteiger partial charge in [0.25, 0.3) is 0 Å². The molecule has 0 heterocycles. The zero-order valence-electron chi connectivity index (χ0n) is 8.76. The van der Waals surface area contributed by atoms with Crippen molar-refractivity contribution in [1.82, 2.24) is 5.32 Å². The molecule has 0 aliphatic rings. The second kappa shape index (κ2) is 5.61. The van der Waals surface area contributed by atoms with Crippen LogP contribution in [0.15, 0.2) is 30.9 Å². The van der Waals surface area contributed by atoms with E-state index in [2.05, 4.69) is 11.9 Å². The molecule has 0 aliphatic carbocycles. The van der Waals surface area contributed by atoms with Gasteiger partial charge in [0.15, 0.2) is 11.6 Å². The fraction of sp³-hybridized carbons (Fsp3) is 0.333. The predicted octanol–water partition coefficient (Wildman–Crippen LogP) is 3.02. The van der Waals surface area contributed by atoms with Crippen molar-refractivity contribution in [3.63, 3.8) is 0 Å². The van der Waals surface area contributed by atoms with Crippen molar-refractivity contribution in [2.75, 3.05) is 0 Å². The highest BCUT2D eigenvalue weighted by molar-refractivity contribution is 5.17. The lowest BCUT2D eigenvalue weighted by Gasteiger charge is -2.11. The maximum Gasteiger partial charge on any atom is 0.159 e. The van der Waals surface area contributed by atoms with Crippen LogP contribution in [0.1, 0.15) is 18.9 Å². The Kier molecular flexibility index (Phi) is 4.43. The number of benzene rings is 1. The largest absolute Gasteiger partial charge is 0.310 e. The minimum atomic E-state index is -0.808. The van der Waals surface area contributed by atoms with E-state index in [1.165, 1.54) is 6.07 Å². The highest BCUT2D eigenvalue weighted by atomic mass is 19.2. The summed E-state index contributed by atoms with van der Waals surface area (Å²) in [6, 6.07) is 4.22. The molecule has 0 saturated carbocycles. The number of hydrogen-bond donors (Lipinski definition) is 1. The van der Waals surface area contributed by atoms with Gasteiger partial charge in [0, 0.05) is 12.6 Å². The molecule has 1 unspecified atom stereocenters. The highest BCUT2D eigenvalue weighted by Gasteiger charge is 2.03. The molecule has 1 N–H and O–H groups in total. The van der Waals surface area contributed by atoms with Crippen molar-refractivity contribution >= 4 is 0 Å². The van der Waals surface area contributed by atoms with Crippen molar-refractivity contribution < 1.29 is 8.78 Å². The molecule has 0 saturated heterocycles. The van der Waals surface area contributed by atoms with Crippen LogP contribution in [0.3, 0.4) is 0 Å². The third kappa shape index (κ3) is 3.80. The fourth-order valence-electron chi connectivity index (χ4n) is 1.28. The summed E-state index contributed by atoms with van der Waals surface area (Å²) in [6.45, 7) is 6.18. The van der Waals surface area contributed by atoms with Crippen LogP contribution in [0, 0.1) is 11.6 Å². The normalized spacial score (nSPS) is 12.5. The number of rotatable bonds is 5. The Hall–Kier alpha value is -1.22. The van der Waals surface area contributed by atoms with Gasteiger partial charge in [-0.1, -0.05) is 12.1 Å². The molecule has 1 atom stereocenters. The lowest BCUT2D eigenvalue weighted by atomic mass is 10.2. The number of hydrogen-bond acceptors (Lipinski definition) is 1. The first-order valence-electron chi connectivity index (χ1n) is 4.91. The quantitative estimate of drug-likeness (QED) is 0.738. The van der Waals surface area contributed by atoms with Gasteiger partial charge in [-0.15, -0.1) is 6.58 Å². The molecule has 1 rings (SSSR count). The van der Waals surface area contributed by atoms with Crippen molar-refractivity contribution in [3.8, 4) is 0 Å². The van der Waals surface area contributed by atoms with E-state index in [9.17, 15) is 8.78 Å². The average molecular weight is 211 g/mol. The molecule has 15 heavy (non-hydrogen) atoms. The van der Waals surface area contributed by atoms with E-state index in [4.69, 9.17) is 0 Å². The van der Waals surface area contributed by atoms with Crippen molar-refractivity contribution in [1.29, 1.82) is 0 Å². The summed E-state index contributed by atoms with van der Waals surface area (Å²) < 4.78 is 25.4. The van der Waals surface area contributed by atoms with Gasteiger partial charge in [-0.2, -0.15) is 0 Å². The van der Waals surface area contributed by atoms with E-state index >= 15 is 0 Å². The Morgan fingerprint density at radius 2 is 2.13 bits per heavy atom. The molecule has 0 spiro atoms. The molecule has 1 aromatic rings. The molecule has 3 heteroatoms. The Balaban J connectivity index is 2.50. The molecule has 1 nitrogen and oxygen atoms in total. The predicted molar refractivity (Wildman–Crippen MR) is 57.5 cm³/mol. The molecule has 0 aliphatic heterocycles. The molecule has 0 aromatic heterocycles. The molecule has 82 valence electrons. The van der Waals surface area contributed by atoms with Crippen LogP contribution in [-0.2, 0) is 6.54 Å².